The predicted molar refractivity (Wildman–Crippen MR) is 88.8 cm³/mol. The normalized spacial score (nSPS) is 24.2. The van der Waals surface area contributed by atoms with Crippen LogP contribution >= 0.6 is 11.8 Å². The van der Waals surface area contributed by atoms with Crippen LogP contribution in [0.4, 0.5) is 4.79 Å². The number of hydrazine groups is 1. The topological polar surface area (TPSA) is 100 Å². The highest BCUT2D eigenvalue weighted by atomic mass is 32.2. The van der Waals surface area contributed by atoms with Crippen LogP contribution in [0.15, 0.2) is 5.28 Å². The minimum absolute atomic E-state index is 0.165. The van der Waals surface area contributed by atoms with Crippen LogP contribution < -0.4 is 5.32 Å². The van der Waals surface area contributed by atoms with Crippen molar-refractivity contribution in [3.05, 3.63) is 5.21 Å². The van der Waals surface area contributed by atoms with E-state index in [2.05, 4.69) is 10.6 Å². The molecule has 1 N–H and O–H groups in total. The van der Waals surface area contributed by atoms with Crippen LogP contribution in [0, 0.1) is 5.21 Å². The van der Waals surface area contributed by atoms with E-state index in [1.54, 1.807) is 5.01 Å². The Morgan fingerprint density at radius 1 is 1.42 bits per heavy atom. The molecule has 1 atom stereocenters. The van der Waals surface area contributed by atoms with Gasteiger partial charge < -0.3 is 10.0 Å². The van der Waals surface area contributed by atoms with E-state index in [1.165, 1.54) is 0 Å². The van der Waals surface area contributed by atoms with E-state index in [-0.39, 0.29) is 22.8 Å². The fourth-order valence-electron chi connectivity index (χ4n) is 2.81. The predicted octanol–water partition coefficient (Wildman–Crippen LogP) is 1.69. The summed E-state index contributed by atoms with van der Waals surface area (Å²) >= 11 is 1.01. The number of likely N-dealkylation sites (tertiary alicyclic amines) is 1. The van der Waals surface area contributed by atoms with E-state index < -0.39 is 5.37 Å². The highest BCUT2D eigenvalue weighted by Gasteiger charge is 2.38. The van der Waals surface area contributed by atoms with E-state index in [4.69, 9.17) is 4.84 Å². The van der Waals surface area contributed by atoms with Crippen molar-refractivity contribution in [2.75, 3.05) is 19.6 Å². The number of nitrogens with zero attached hydrogens (tertiary/aromatic N) is 4. The average molecular weight is 359 g/mol. The van der Waals surface area contributed by atoms with Crippen LogP contribution in [0.5, 0.6) is 0 Å². The van der Waals surface area contributed by atoms with Crippen LogP contribution in [-0.4, -0.2) is 62.7 Å². The molecular weight excluding hydrogens is 334 g/mol. The molecule has 2 fully saturated rings. The minimum Gasteiger partial charge on any atom is -0.569 e. The molecule has 2 aliphatic heterocycles. The molecule has 0 aliphatic carbocycles. The zero-order valence-corrected chi connectivity index (χ0v) is 15.3. The molecule has 0 aromatic heterocycles. The van der Waals surface area contributed by atoms with E-state index in [1.807, 2.05) is 32.6 Å². The average Bonchev–Trinajstić information content (AvgIpc) is 2.83. The quantitative estimate of drug-likeness (QED) is 0.453. The lowest BCUT2D eigenvalue weighted by Crippen LogP contribution is -2.46. The number of rotatable bonds is 5. The van der Waals surface area contributed by atoms with Gasteiger partial charge in [-0.1, -0.05) is 0 Å². The maximum absolute atomic E-state index is 12.1. The van der Waals surface area contributed by atoms with Crippen molar-refractivity contribution in [1.29, 1.82) is 0 Å². The summed E-state index contributed by atoms with van der Waals surface area (Å²) in [6, 6.07) is 0. The van der Waals surface area contributed by atoms with Gasteiger partial charge in [-0.25, -0.2) is 0 Å². The van der Waals surface area contributed by atoms with Gasteiger partial charge in [-0.3, -0.25) is 19.8 Å². The van der Waals surface area contributed by atoms with Crippen LogP contribution in [0.2, 0.25) is 0 Å². The number of imide groups is 1. The first-order valence-corrected chi connectivity index (χ1v) is 8.97. The number of piperidine rings is 1. The monoisotopic (exact) mass is 359 g/mol. The van der Waals surface area contributed by atoms with Crippen LogP contribution in [0.3, 0.4) is 0 Å². The van der Waals surface area contributed by atoms with Gasteiger partial charge in [-0.2, -0.15) is 0 Å². The molecule has 0 aromatic carbocycles. The highest BCUT2D eigenvalue weighted by Crippen LogP contribution is 2.26. The zero-order chi connectivity index (χ0) is 17.9. The van der Waals surface area contributed by atoms with E-state index in [0.717, 1.165) is 11.8 Å². The Balaban J connectivity index is 1.84. The number of hydrogen-bond acceptors (Lipinski definition) is 7. The third-order valence-electron chi connectivity index (χ3n) is 4.02. The largest absolute Gasteiger partial charge is 0.569 e. The van der Waals surface area contributed by atoms with E-state index in [9.17, 15) is 14.8 Å². The van der Waals surface area contributed by atoms with Crippen molar-refractivity contribution in [3.63, 3.8) is 0 Å². The fourth-order valence-corrected chi connectivity index (χ4v) is 3.69. The second kappa shape index (κ2) is 7.56. The van der Waals surface area contributed by atoms with Crippen molar-refractivity contribution in [2.24, 2.45) is 5.28 Å². The second-order valence-corrected chi connectivity index (χ2v) is 7.86. The van der Waals surface area contributed by atoms with Gasteiger partial charge in [-0.15, -0.1) is 5.01 Å². The lowest BCUT2D eigenvalue weighted by atomic mass is 10.1. The lowest BCUT2D eigenvalue weighted by molar-refractivity contribution is -0.725. The Kier molecular flexibility index (Phi) is 5.92. The summed E-state index contributed by atoms with van der Waals surface area (Å²) in [5.41, 5.74) is -0.341. The molecule has 9 nitrogen and oxygen atoms in total. The SMILES string of the molecule is CCN(/[N+]([O-])=N/OC1CCN(C2SC(=O)NC2=O)CC1)C(C)(C)C. The molecule has 2 aliphatic rings. The smallest absolute Gasteiger partial charge is 0.287 e. The van der Waals surface area contributed by atoms with Crippen LogP contribution in [0.25, 0.3) is 0 Å². The molecule has 136 valence electrons. The number of carbonyl (C=O) groups excluding carboxylic acids is 2. The Morgan fingerprint density at radius 2 is 2.04 bits per heavy atom. The summed E-state index contributed by atoms with van der Waals surface area (Å²) in [6.07, 6.45) is 1.14. The Hall–Kier alpha value is -1.55. The number of nitrogens with one attached hydrogen (secondary N) is 1. The molecule has 0 aromatic rings. The van der Waals surface area contributed by atoms with Crippen LogP contribution in [-0.2, 0) is 9.63 Å². The standard InChI is InChI=1S/C14H25N5O4S/c1-5-18(14(2,3)4)19(22)16-23-10-6-8-17(9-7-10)12-11(20)15-13(21)24-12/h10,12H,5-9H2,1-4H3,(H,15,20,21)/b19-16-. The van der Waals surface area contributed by atoms with Crippen molar-refractivity contribution in [1.82, 2.24) is 15.2 Å². The third-order valence-corrected chi connectivity index (χ3v) is 5.07. The van der Waals surface area contributed by atoms with Crippen molar-refractivity contribution in [2.45, 2.75) is 57.6 Å². The summed E-state index contributed by atoms with van der Waals surface area (Å²) in [6.45, 7) is 9.45. The molecule has 2 amide bonds. The van der Waals surface area contributed by atoms with Gasteiger partial charge in [0.2, 0.25) is 5.28 Å². The van der Waals surface area contributed by atoms with Crippen molar-refractivity contribution in [3.8, 4) is 0 Å². The second-order valence-electron chi connectivity index (χ2n) is 6.81. The highest BCUT2D eigenvalue weighted by molar-refractivity contribution is 8.15. The van der Waals surface area contributed by atoms with Crippen molar-refractivity contribution >= 4 is 22.9 Å². The molecule has 24 heavy (non-hydrogen) atoms. The zero-order valence-electron chi connectivity index (χ0n) is 14.5. The number of thioether (sulfide) groups is 1. The van der Waals surface area contributed by atoms with Gasteiger partial charge in [-0.05, 0) is 52.3 Å². The van der Waals surface area contributed by atoms with Crippen molar-refractivity contribution < 1.29 is 19.4 Å². The molecule has 0 bridgehead atoms. The van der Waals surface area contributed by atoms with Gasteiger partial charge in [0, 0.05) is 13.1 Å². The van der Waals surface area contributed by atoms with Gasteiger partial charge in [0.15, 0.2) is 0 Å². The summed E-state index contributed by atoms with van der Waals surface area (Å²) < 4.78 is 0. The summed E-state index contributed by atoms with van der Waals surface area (Å²) in [7, 11) is 0. The molecule has 2 rings (SSSR count). The third kappa shape index (κ3) is 4.50. The molecular formula is C14H25N5O4S. The fraction of sp³-hybridized carbons (Fsp3) is 0.857. The first kappa shape index (κ1) is 18.8. The molecule has 10 heteroatoms. The summed E-state index contributed by atoms with van der Waals surface area (Å²) in [5.74, 6) is -0.261. The first-order valence-electron chi connectivity index (χ1n) is 8.09. The van der Waals surface area contributed by atoms with Crippen LogP contribution in [0.1, 0.15) is 40.5 Å². The Bertz CT molecular complexity index is 514. The van der Waals surface area contributed by atoms with Gasteiger partial charge >= 0.3 is 0 Å². The summed E-state index contributed by atoms with van der Waals surface area (Å²) in [5, 5.41) is 18.8. The van der Waals surface area contributed by atoms with E-state index in [0.29, 0.717) is 37.4 Å². The maximum atomic E-state index is 12.1. The maximum Gasteiger partial charge on any atom is 0.287 e. The van der Waals surface area contributed by atoms with E-state index >= 15 is 0 Å². The number of hydrogen-bond donors (Lipinski definition) is 1. The number of amides is 2. The lowest BCUT2D eigenvalue weighted by Gasteiger charge is -2.32. The molecule has 1 unspecified atom stereocenters. The minimum atomic E-state index is -0.456. The molecule has 2 heterocycles. The molecule has 0 saturated carbocycles. The molecule has 2 saturated heterocycles. The summed E-state index contributed by atoms with van der Waals surface area (Å²) in [4.78, 5) is 30.8. The Morgan fingerprint density at radius 3 is 2.50 bits per heavy atom. The first-order chi connectivity index (χ1) is 11.2. The number of carbonyl (C=O) groups is 2. The molecule has 0 radical (unpaired) electrons. The Labute approximate surface area is 145 Å². The van der Waals surface area contributed by atoms with Gasteiger partial charge in [0.1, 0.15) is 11.5 Å². The molecule has 0 spiro atoms. The van der Waals surface area contributed by atoms with Gasteiger partial charge in [0.05, 0.1) is 17.1 Å². The van der Waals surface area contributed by atoms with Gasteiger partial charge in [0.25, 0.3) is 11.1 Å².